The highest BCUT2D eigenvalue weighted by molar-refractivity contribution is 7.80. The lowest BCUT2D eigenvalue weighted by Crippen LogP contribution is -2.19. The van der Waals surface area contributed by atoms with Crippen molar-refractivity contribution in [2.75, 3.05) is 5.32 Å². The molecule has 0 atom stereocenters. The summed E-state index contributed by atoms with van der Waals surface area (Å²) < 4.78 is 0. The molecular formula is C8H6ClN3S. The van der Waals surface area contributed by atoms with Crippen molar-refractivity contribution in [3.05, 3.63) is 28.8 Å². The number of rotatable bonds is 1. The number of halogens is 1. The maximum atomic E-state index is 8.72. The Morgan fingerprint density at radius 1 is 1.62 bits per heavy atom. The average molecular weight is 212 g/mol. The zero-order valence-corrected chi connectivity index (χ0v) is 8.12. The second kappa shape index (κ2) is 4.08. The second-order valence-electron chi connectivity index (χ2n) is 2.29. The zero-order valence-electron chi connectivity index (χ0n) is 6.54. The topological polar surface area (TPSA) is 61.8 Å². The van der Waals surface area contributed by atoms with Gasteiger partial charge in [0.2, 0.25) is 0 Å². The summed E-state index contributed by atoms with van der Waals surface area (Å²) in [4.78, 5) is 0. The Balaban J connectivity index is 3.08. The van der Waals surface area contributed by atoms with E-state index in [-0.39, 0.29) is 5.11 Å². The number of anilines is 1. The van der Waals surface area contributed by atoms with Crippen molar-refractivity contribution in [1.29, 1.82) is 5.26 Å². The SMILES string of the molecule is N#Cc1cc(Cl)ccc1NC(N)=S. The van der Waals surface area contributed by atoms with Crippen molar-refractivity contribution in [3.63, 3.8) is 0 Å². The van der Waals surface area contributed by atoms with Crippen LogP contribution in [0.5, 0.6) is 0 Å². The van der Waals surface area contributed by atoms with Crippen LogP contribution < -0.4 is 11.1 Å². The highest BCUT2D eigenvalue weighted by Crippen LogP contribution is 2.19. The number of hydrogen-bond donors (Lipinski definition) is 2. The van der Waals surface area contributed by atoms with Crippen LogP contribution in [-0.4, -0.2) is 5.11 Å². The summed E-state index contributed by atoms with van der Waals surface area (Å²) >= 11 is 10.3. The molecule has 0 aromatic heterocycles. The van der Waals surface area contributed by atoms with Crippen molar-refractivity contribution < 1.29 is 0 Å². The van der Waals surface area contributed by atoms with Gasteiger partial charge in [-0.3, -0.25) is 0 Å². The largest absolute Gasteiger partial charge is 0.376 e. The maximum absolute atomic E-state index is 8.72. The Morgan fingerprint density at radius 2 is 2.31 bits per heavy atom. The first-order valence-corrected chi connectivity index (χ1v) is 4.18. The molecule has 0 aliphatic heterocycles. The van der Waals surface area contributed by atoms with Gasteiger partial charge in [-0.2, -0.15) is 5.26 Å². The first-order valence-electron chi connectivity index (χ1n) is 3.39. The molecule has 1 aromatic rings. The van der Waals surface area contributed by atoms with E-state index in [1.54, 1.807) is 18.2 Å². The molecule has 13 heavy (non-hydrogen) atoms. The predicted molar refractivity (Wildman–Crippen MR) is 56.6 cm³/mol. The van der Waals surface area contributed by atoms with E-state index >= 15 is 0 Å². The fourth-order valence-corrected chi connectivity index (χ4v) is 1.13. The number of hydrogen-bond acceptors (Lipinski definition) is 2. The van der Waals surface area contributed by atoms with E-state index in [0.717, 1.165) is 0 Å². The third kappa shape index (κ3) is 2.58. The molecule has 1 aromatic carbocycles. The minimum absolute atomic E-state index is 0.124. The minimum Gasteiger partial charge on any atom is -0.376 e. The first-order chi connectivity index (χ1) is 6.13. The highest BCUT2D eigenvalue weighted by Gasteiger charge is 2.02. The minimum atomic E-state index is 0.124. The zero-order chi connectivity index (χ0) is 9.84. The van der Waals surface area contributed by atoms with Crippen molar-refractivity contribution in [2.24, 2.45) is 5.73 Å². The molecule has 0 amide bonds. The molecule has 0 unspecified atom stereocenters. The maximum Gasteiger partial charge on any atom is 0.168 e. The number of nitrogens with zero attached hydrogens (tertiary/aromatic N) is 1. The van der Waals surface area contributed by atoms with Gasteiger partial charge < -0.3 is 11.1 Å². The Labute approximate surface area is 86.1 Å². The summed E-state index contributed by atoms with van der Waals surface area (Å²) in [5.41, 5.74) is 6.25. The van der Waals surface area contributed by atoms with Gasteiger partial charge in [0.15, 0.2) is 5.11 Å². The molecule has 0 aliphatic carbocycles. The number of nitrogens with two attached hydrogens (primary N) is 1. The van der Waals surface area contributed by atoms with E-state index in [2.05, 4.69) is 17.5 Å². The summed E-state index contributed by atoms with van der Waals surface area (Å²) in [5, 5.41) is 12.0. The van der Waals surface area contributed by atoms with Crippen molar-refractivity contribution in [2.45, 2.75) is 0 Å². The van der Waals surface area contributed by atoms with Gasteiger partial charge in [0.1, 0.15) is 6.07 Å². The van der Waals surface area contributed by atoms with Gasteiger partial charge in [0.25, 0.3) is 0 Å². The van der Waals surface area contributed by atoms with Crippen molar-refractivity contribution in [1.82, 2.24) is 0 Å². The summed E-state index contributed by atoms with van der Waals surface area (Å²) in [6.45, 7) is 0. The molecule has 0 radical (unpaired) electrons. The van der Waals surface area contributed by atoms with Crippen LogP contribution in [-0.2, 0) is 0 Å². The van der Waals surface area contributed by atoms with Crippen LogP contribution in [0.4, 0.5) is 5.69 Å². The van der Waals surface area contributed by atoms with Gasteiger partial charge in [-0.1, -0.05) is 11.6 Å². The van der Waals surface area contributed by atoms with E-state index in [4.69, 9.17) is 22.6 Å². The lowest BCUT2D eigenvalue weighted by molar-refractivity contribution is 1.47. The highest BCUT2D eigenvalue weighted by atomic mass is 35.5. The third-order valence-corrected chi connectivity index (χ3v) is 1.70. The van der Waals surface area contributed by atoms with Crippen molar-refractivity contribution >= 4 is 34.6 Å². The molecule has 0 aliphatic rings. The quantitative estimate of drug-likeness (QED) is 0.697. The van der Waals surface area contributed by atoms with Crippen LogP contribution in [0.25, 0.3) is 0 Å². The third-order valence-electron chi connectivity index (χ3n) is 1.36. The molecule has 0 fully saturated rings. The normalized spacial score (nSPS) is 8.92. The van der Waals surface area contributed by atoms with Gasteiger partial charge in [-0.25, -0.2) is 0 Å². The van der Waals surface area contributed by atoms with E-state index < -0.39 is 0 Å². The fourth-order valence-electron chi connectivity index (χ4n) is 0.851. The number of thiocarbonyl (C=S) groups is 1. The van der Waals surface area contributed by atoms with Gasteiger partial charge in [-0.05, 0) is 30.4 Å². The fraction of sp³-hybridized carbons (Fsp3) is 0. The lowest BCUT2D eigenvalue weighted by Gasteiger charge is -2.05. The Morgan fingerprint density at radius 3 is 2.85 bits per heavy atom. The Kier molecular flexibility index (Phi) is 3.07. The molecule has 66 valence electrons. The summed E-state index contributed by atoms with van der Waals surface area (Å²) in [5.74, 6) is 0. The first kappa shape index (κ1) is 9.78. The molecule has 0 heterocycles. The monoisotopic (exact) mass is 211 g/mol. The average Bonchev–Trinajstić information content (AvgIpc) is 2.07. The Bertz CT molecular complexity index is 383. The Hall–Kier alpha value is -1.31. The number of benzene rings is 1. The molecule has 0 saturated heterocycles. The van der Waals surface area contributed by atoms with E-state index in [1.165, 1.54) is 0 Å². The summed E-state index contributed by atoms with van der Waals surface area (Å²) in [6, 6.07) is 6.83. The number of nitriles is 1. The predicted octanol–water partition coefficient (Wildman–Crippen LogP) is 1.87. The van der Waals surface area contributed by atoms with Gasteiger partial charge in [0, 0.05) is 5.02 Å². The molecule has 3 N–H and O–H groups in total. The van der Waals surface area contributed by atoms with Crippen LogP contribution in [0.1, 0.15) is 5.56 Å². The van der Waals surface area contributed by atoms with Crippen LogP contribution in [0.2, 0.25) is 5.02 Å². The van der Waals surface area contributed by atoms with E-state index in [1.807, 2.05) is 6.07 Å². The van der Waals surface area contributed by atoms with Gasteiger partial charge in [-0.15, -0.1) is 0 Å². The van der Waals surface area contributed by atoms with E-state index in [9.17, 15) is 0 Å². The summed E-state index contributed by atoms with van der Waals surface area (Å²) in [7, 11) is 0. The van der Waals surface area contributed by atoms with Crippen LogP contribution in [0.15, 0.2) is 18.2 Å². The molecule has 0 saturated carbocycles. The smallest absolute Gasteiger partial charge is 0.168 e. The standard InChI is InChI=1S/C8H6ClN3S/c9-6-1-2-7(12-8(11)13)5(3-6)4-10/h1-3H,(H3,11,12,13). The number of nitrogens with one attached hydrogen (secondary N) is 1. The molecule has 0 spiro atoms. The van der Waals surface area contributed by atoms with E-state index in [0.29, 0.717) is 16.3 Å². The lowest BCUT2D eigenvalue weighted by atomic mass is 10.2. The second-order valence-corrected chi connectivity index (χ2v) is 3.17. The van der Waals surface area contributed by atoms with Crippen molar-refractivity contribution in [3.8, 4) is 6.07 Å². The molecular weight excluding hydrogens is 206 g/mol. The summed E-state index contributed by atoms with van der Waals surface area (Å²) in [6.07, 6.45) is 0. The molecule has 5 heteroatoms. The van der Waals surface area contributed by atoms with Crippen LogP contribution >= 0.6 is 23.8 Å². The van der Waals surface area contributed by atoms with Crippen LogP contribution in [0.3, 0.4) is 0 Å². The van der Waals surface area contributed by atoms with Gasteiger partial charge in [0.05, 0.1) is 11.3 Å². The molecule has 1 rings (SSSR count). The molecule has 3 nitrogen and oxygen atoms in total. The molecule has 0 bridgehead atoms. The van der Waals surface area contributed by atoms with Gasteiger partial charge >= 0.3 is 0 Å². The van der Waals surface area contributed by atoms with Crippen LogP contribution in [0, 0.1) is 11.3 Å².